The number of aromatic nitrogens is 3. The minimum absolute atomic E-state index is 0.299. The van der Waals surface area contributed by atoms with Gasteiger partial charge < -0.3 is 10.6 Å². The summed E-state index contributed by atoms with van der Waals surface area (Å²) in [6.07, 6.45) is 3.96. The zero-order valence-electron chi connectivity index (χ0n) is 8.35. The molecule has 1 aliphatic rings. The number of nitrogens with zero attached hydrogens (tertiary/aromatic N) is 4. The third-order valence-corrected chi connectivity index (χ3v) is 2.52. The van der Waals surface area contributed by atoms with Gasteiger partial charge in [-0.2, -0.15) is 4.98 Å². The minimum atomic E-state index is 0.299. The van der Waals surface area contributed by atoms with Gasteiger partial charge in [-0.1, -0.05) is 6.92 Å². The molecule has 5 heteroatoms. The Hall–Kier alpha value is -1.39. The summed E-state index contributed by atoms with van der Waals surface area (Å²) in [5.41, 5.74) is 5.51. The SMILES string of the molecule is C[C@@H]1CCCN(c2ncnc(N)n2)C1. The molecule has 1 aliphatic heterocycles. The summed E-state index contributed by atoms with van der Waals surface area (Å²) < 4.78 is 0. The third kappa shape index (κ3) is 1.92. The van der Waals surface area contributed by atoms with Gasteiger partial charge in [0.05, 0.1) is 0 Å². The topological polar surface area (TPSA) is 67.9 Å². The molecule has 1 fully saturated rings. The number of nitrogen functional groups attached to an aromatic ring is 1. The van der Waals surface area contributed by atoms with E-state index in [1.807, 2.05) is 0 Å². The molecule has 76 valence electrons. The molecule has 2 N–H and O–H groups in total. The molecule has 0 spiro atoms. The van der Waals surface area contributed by atoms with E-state index < -0.39 is 0 Å². The lowest BCUT2D eigenvalue weighted by Gasteiger charge is -2.30. The van der Waals surface area contributed by atoms with Crippen LogP contribution in [0.4, 0.5) is 11.9 Å². The molecular formula is C9H15N5. The Morgan fingerprint density at radius 1 is 1.50 bits per heavy atom. The average molecular weight is 193 g/mol. The van der Waals surface area contributed by atoms with Gasteiger partial charge >= 0.3 is 0 Å². The standard InChI is InChI=1S/C9H15N5/c1-7-3-2-4-14(5-7)9-12-6-11-8(10)13-9/h6-7H,2-5H2,1H3,(H2,10,11,12,13)/t7-/m1/s1. The van der Waals surface area contributed by atoms with E-state index in [0.717, 1.165) is 13.1 Å². The summed E-state index contributed by atoms with van der Waals surface area (Å²) in [6.45, 7) is 4.29. The van der Waals surface area contributed by atoms with Gasteiger partial charge in [-0.15, -0.1) is 0 Å². The van der Waals surface area contributed by atoms with E-state index in [9.17, 15) is 0 Å². The third-order valence-electron chi connectivity index (χ3n) is 2.52. The van der Waals surface area contributed by atoms with Crippen LogP contribution in [0.3, 0.4) is 0 Å². The first kappa shape index (κ1) is 9.18. The predicted molar refractivity (Wildman–Crippen MR) is 54.9 cm³/mol. The zero-order valence-corrected chi connectivity index (χ0v) is 8.35. The molecule has 1 atom stereocenters. The molecule has 0 saturated carbocycles. The quantitative estimate of drug-likeness (QED) is 0.710. The molecule has 0 aromatic carbocycles. The fourth-order valence-electron chi connectivity index (χ4n) is 1.82. The molecule has 14 heavy (non-hydrogen) atoms. The Morgan fingerprint density at radius 2 is 2.36 bits per heavy atom. The molecule has 1 aromatic rings. The van der Waals surface area contributed by atoms with Crippen LogP contribution >= 0.6 is 0 Å². The highest BCUT2D eigenvalue weighted by Gasteiger charge is 2.18. The summed E-state index contributed by atoms with van der Waals surface area (Å²) in [6, 6.07) is 0. The van der Waals surface area contributed by atoms with Crippen molar-refractivity contribution in [1.29, 1.82) is 0 Å². The molecule has 0 aliphatic carbocycles. The number of rotatable bonds is 1. The van der Waals surface area contributed by atoms with Gasteiger partial charge in [-0.05, 0) is 18.8 Å². The maximum Gasteiger partial charge on any atom is 0.230 e. The van der Waals surface area contributed by atoms with Gasteiger partial charge in [0.2, 0.25) is 11.9 Å². The first-order chi connectivity index (χ1) is 6.75. The summed E-state index contributed by atoms with van der Waals surface area (Å²) in [7, 11) is 0. The Bertz CT molecular complexity index is 314. The molecule has 0 amide bonds. The van der Waals surface area contributed by atoms with E-state index in [-0.39, 0.29) is 0 Å². The van der Waals surface area contributed by atoms with Crippen LogP contribution in [0.15, 0.2) is 6.33 Å². The summed E-state index contributed by atoms with van der Waals surface area (Å²) in [5.74, 6) is 1.72. The number of piperidine rings is 1. The normalized spacial score (nSPS) is 22.4. The largest absolute Gasteiger partial charge is 0.368 e. The smallest absolute Gasteiger partial charge is 0.230 e. The van der Waals surface area contributed by atoms with Gasteiger partial charge in [-0.25, -0.2) is 9.97 Å². The maximum atomic E-state index is 5.51. The Labute approximate surface area is 83.4 Å². The Morgan fingerprint density at radius 3 is 3.07 bits per heavy atom. The first-order valence-electron chi connectivity index (χ1n) is 4.95. The lowest BCUT2D eigenvalue weighted by molar-refractivity contribution is 0.442. The van der Waals surface area contributed by atoms with Crippen molar-refractivity contribution in [2.24, 2.45) is 5.92 Å². The van der Waals surface area contributed by atoms with E-state index in [2.05, 4.69) is 26.8 Å². The summed E-state index contributed by atoms with van der Waals surface area (Å²) in [4.78, 5) is 14.2. The lowest BCUT2D eigenvalue weighted by Crippen LogP contribution is -2.35. The monoisotopic (exact) mass is 193 g/mol. The van der Waals surface area contributed by atoms with Crippen molar-refractivity contribution < 1.29 is 0 Å². The molecule has 1 aromatic heterocycles. The van der Waals surface area contributed by atoms with Crippen LogP contribution in [0.2, 0.25) is 0 Å². The molecule has 5 nitrogen and oxygen atoms in total. The van der Waals surface area contributed by atoms with Crippen LogP contribution in [0, 0.1) is 5.92 Å². The van der Waals surface area contributed by atoms with Crippen LogP contribution in [0.5, 0.6) is 0 Å². The summed E-state index contributed by atoms with van der Waals surface area (Å²) in [5, 5.41) is 0. The van der Waals surface area contributed by atoms with Gasteiger partial charge in [0.25, 0.3) is 0 Å². The van der Waals surface area contributed by atoms with E-state index >= 15 is 0 Å². The average Bonchev–Trinajstić information content (AvgIpc) is 2.18. The number of nitrogens with two attached hydrogens (primary N) is 1. The second-order valence-corrected chi connectivity index (χ2v) is 3.84. The van der Waals surface area contributed by atoms with Gasteiger partial charge in [-0.3, -0.25) is 0 Å². The molecule has 1 saturated heterocycles. The fraction of sp³-hybridized carbons (Fsp3) is 0.667. The number of anilines is 2. The number of hydrogen-bond acceptors (Lipinski definition) is 5. The van der Waals surface area contributed by atoms with Crippen molar-refractivity contribution in [3.8, 4) is 0 Å². The van der Waals surface area contributed by atoms with Crippen molar-refractivity contribution in [2.45, 2.75) is 19.8 Å². The maximum absolute atomic E-state index is 5.51. The highest BCUT2D eigenvalue weighted by molar-refractivity contribution is 5.33. The van der Waals surface area contributed by atoms with Crippen molar-refractivity contribution in [1.82, 2.24) is 15.0 Å². The minimum Gasteiger partial charge on any atom is -0.368 e. The molecule has 0 radical (unpaired) electrons. The number of hydrogen-bond donors (Lipinski definition) is 1. The predicted octanol–water partition coefficient (Wildman–Crippen LogP) is 0.690. The van der Waals surface area contributed by atoms with Crippen LogP contribution in [0.25, 0.3) is 0 Å². The molecule has 2 heterocycles. The van der Waals surface area contributed by atoms with Crippen LogP contribution in [0.1, 0.15) is 19.8 Å². The van der Waals surface area contributed by atoms with Gasteiger partial charge in [0.1, 0.15) is 6.33 Å². The molecule has 2 rings (SSSR count). The molecule has 0 unspecified atom stereocenters. The lowest BCUT2D eigenvalue weighted by atomic mass is 10.0. The highest BCUT2D eigenvalue weighted by Crippen LogP contribution is 2.19. The zero-order chi connectivity index (χ0) is 9.97. The van der Waals surface area contributed by atoms with E-state index in [1.165, 1.54) is 19.2 Å². The van der Waals surface area contributed by atoms with E-state index in [0.29, 0.717) is 17.8 Å². The second kappa shape index (κ2) is 3.77. The Kier molecular flexibility index (Phi) is 2.47. The first-order valence-corrected chi connectivity index (χ1v) is 4.95. The second-order valence-electron chi connectivity index (χ2n) is 3.84. The van der Waals surface area contributed by atoms with Crippen molar-refractivity contribution >= 4 is 11.9 Å². The van der Waals surface area contributed by atoms with Gasteiger partial charge in [0, 0.05) is 13.1 Å². The highest BCUT2D eigenvalue weighted by atomic mass is 15.3. The van der Waals surface area contributed by atoms with Crippen LogP contribution in [-0.2, 0) is 0 Å². The molecular weight excluding hydrogens is 178 g/mol. The van der Waals surface area contributed by atoms with E-state index in [1.54, 1.807) is 0 Å². The van der Waals surface area contributed by atoms with Gasteiger partial charge in [0.15, 0.2) is 0 Å². The van der Waals surface area contributed by atoms with Crippen molar-refractivity contribution in [3.05, 3.63) is 6.33 Å². The van der Waals surface area contributed by atoms with Crippen LogP contribution < -0.4 is 10.6 Å². The van der Waals surface area contributed by atoms with Crippen LogP contribution in [-0.4, -0.2) is 28.0 Å². The van der Waals surface area contributed by atoms with E-state index in [4.69, 9.17) is 5.73 Å². The van der Waals surface area contributed by atoms with Crippen molar-refractivity contribution in [2.75, 3.05) is 23.7 Å². The summed E-state index contributed by atoms with van der Waals surface area (Å²) >= 11 is 0. The molecule has 0 bridgehead atoms. The van der Waals surface area contributed by atoms with Crippen molar-refractivity contribution in [3.63, 3.8) is 0 Å². The fourth-order valence-corrected chi connectivity index (χ4v) is 1.82. The Balaban J connectivity index is 2.14.